The minimum Gasteiger partial charge on any atom is -0.379 e. The van der Waals surface area contributed by atoms with Gasteiger partial charge >= 0.3 is 6.18 Å². The van der Waals surface area contributed by atoms with Crippen LogP contribution in [-0.4, -0.2) is 40.8 Å². The number of rotatable bonds is 3. The third-order valence-electron chi connectivity index (χ3n) is 4.00. The lowest BCUT2D eigenvalue weighted by Gasteiger charge is -2.27. The number of aliphatic hydroxyl groups is 1. The van der Waals surface area contributed by atoms with Crippen molar-refractivity contribution in [1.82, 2.24) is 4.90 Å². The second-order valence-corrected chi connectivity index (χ2v) is 5.41. The highest BCUT2D eigenvalue weighted by Crippen LogP contribution is 2.38. The summed E-state index contributed by atoms with van der Waals surface area (Å²) >= 11 is 0. The van der Waals surface area contributed by atoms with Gasteiger partial charge in [0.25, 0.3) is 0 Å². The molecule has 3 nitrogen and oxygen atoms in total. The van der Waals surface area contributed by atoms with Crippen LogP contribution in [0.3, 0.4) is 0 Å². The van der Waals surface area contributed by atoms with Crippen LogP contribution in [0.15, 0.2) is 30.3 Å². The number of halogens is 3. The highest BCUT2D eigenvalue weighted by atomic mass is 19.4. The minimum absolute atomic E-state index is 0.0713. The van der Waals surface area contributed by atoms with E-state index in [-0.39, 0.29) is 12.5 Å². The normalized spacial score (nSPS) is 24.1. The maximum Gasteiger partial charge on any atom is 0.419 e. The summed E-state index contributed by atoms with van der Waals surface area (Å²) in [4.78, 5) is 13.6. The van der Waals surface area contributed by atoms with Crippen LogP contribution in [-0.2, 0) is 4.79 Å². The van der Waals surface area contributed by atoms with E-state index in [0.29, 0.717) is 6.42 Å². The molecule has 1 saturated heterocycles. The van der Waals surface area contributed by atoms with Crippen LogP contribution in [0.25, 0.3) is 0 Å². The van der Waals surface area contributed by atoms with Gasteiger partial charge in [0.05, 0.1) is 12.5 Å². The van der Waals surface area contributed by atoms with Crippen LogP contribution in [0.5, 0.6) is 0 Å². The second kappa shape index (κ2) is 5.67. The first-order chi connectivity index (χ1) is 9.78. The van der Waals surface area contributed by atoms with Crippen molar-refractivity contribution >= 4 is 5.91 Å². The maximum absolute atomic E-state index is 12.8. The summed E-state index contributed by atoms with van der Waals surface area (Å²) in [6.07, 6.45) is -4.67. The van der Waals surface area contributed by atoms with Gasteiger partial charge in [-0.05, 0) is 12.0 Å². The lowest BCUT2D eigenvalue weighted by atomic mass is 9.95. The van der Waals surface area contributed by atoms with E-state index in [1.807, 2.05) is 13.0 Å². The Morgan fingerprint density at radius 2 is 2.00 bits per heavy atom. The van der Waals surface area contributed by atoms with Gasteiger partial charge < -0.3 is 10.0 Å². The molecule has 0 radical (unpaired) electrons. The predicted octanol–water partition coefficient (Wildman–Crippen LogP) is 2.71. The molecule has 1 aromatic carbocycles. The Hall–Kier alpha value is -1.56. The second-order valence-electron chi connectivity index (χ2n) is 5.41. The molecule has 1 heterocycles. The molecule has 1 aliphatic rings. The number of nitrogens with zero attached hydrogens (tertiary/aromatic N) is 1. The van der Waals surface area contributed by atoms with E-state index in [0.717, 1.165) is 10.5 Å². The minimum atomic E-state index is -4.71. The Labute approximate surface area is 121 Å². The van der Waals surface area contributed by atoms with Crippen LogP contribution in [0.2, 0.25) is 0 Å². The standard InChI is InChI=1S/C15H18F3NO2/c1-2-12(11-6-4-3-5-7-11)13(20)19-9-8-14(21,10-19)15(16,17)18/h3-7,12,21H,2,8-10H2,1H3/t12-,14+/m0/s1. The van der Waals surface area contributed by atoms with Crippen molar-refractivity contribution in [2.75, 3.05) is 13.1 Å². The Morgan fingerprint density at radius 3 is 2.48 bits per heavy atom. The third kappa shape index (κ3) is 3.05. The lowest BCUT2D eigenvalue weighted by molar-refractivity contribution is -0.253. The average Bonchev–Trinajstić information content (AvgIpc) is 2.84. The summed E-state index contributed by atoms with van der Waals surface area (Å²) < 4.78 is 38.4. The van der Waals surface area contributed by atoms with E-state index in [1.54, 1.807) is 24.3 Å². The zero-order valence-corrected chi connectivity index (χ0v) is 11.7. The Kier molecular flexibility index (Phi) is 4.27. The van der Waals surface area contributed by atoms with Crippen LogP contribution in [0, 0.1) is 0 Å². The van der Waals surface area contributed by atoms with Gasteiger partial charge in [0.2, 0.25) is 5.91 Å². The fourth-order valence-corrected chi connectivity index (χ4v) is 2.67. The van der Waals surface area contributed by atoms with E-state index in [1.165, 1.54) is 0 Å². The molecule has 1 N–H and O–H groups in total. The van der Waals surface area contributed by atoms with E-state index in [4.69, 9.17) is 0 Å². The molecule has 0 spiro atoms. The van der Waals surface area contributed by atoms with Crippen LogP contribution >= 0.6 is 0 Å². The number of alkyl halides is 3. The SMILES string of the molecule is CC[C@H](C(=O)N1CC[C@](O)(C(F)(F)F)C1)c1ccccc1. The molecule has 0 aromatic heterocycles. The number of hydrogen-bond acceptors (Lipinski definition) is 2. The van der Waals surface area contributed by atoms with Gasteiger partial charge in [-0.25, -0.2) is 0 Å². The van der Waals surface area contributed by atoms with Gasteiger partial charge in [-0.3, -0.25) is 4.79 Å². The molecule has 1 fully saturated rings. The van der Waals surface area contributed by atoms with E-state index >= 15 is 0 Å². The molecule has 0 bridgehead atoms. The lowest BCUT2D eigenvalue weighted by Crippen LogP contribution is -2.48. The molecule has 2 atom stereocenters. The van der Waals surface area contributed by atoms with E-state index in [9.17, 15) is 23.1 Å². The van der Waals surface area contributed by atoms with E-state index in [2.05, 4.69) is 0 Å². The Balaban J connectivity index is 2.14. The third-order valence-corrected chi connectivity index (χ3v) is 4.00. The molecular formula is C15H18F3NO2. The molecular weight excluding hydrogens is 283 g/mol. The summed E-state index contributed by atoms with van der Waals surface area (Å²) in [5.74, 6) is -0.828. The summed E-state index contributed by atoms with van der Waals surface area (Å²) in [7, 11) is 0. The zero-order valence-electron chi connectivity index (χ0n) is 11.7. The van der Waals surface area contributed by atoms with Crippen LogP contribution in [0.1, 0.15) is 31.2 Å². The van der Waals surface area contributed by atoms with Crippen molar-refractivity contribution in [3.63, 3.8) is 0 Å². The number of likely N-dealkylation sites (tertiary alicyclic amines) is 1. The summed E-state index contributed by atoms with van der Waals surface area (Å²) in [6.45, 7) is 1.07. The van der Waals surface area contributed by atoms with Gasteiger partial charge in [-0.1, -0.05) is 37.3 Å². The van der Waals surface area contributed by atoms with Gasteiger partial charge in [0.1, 0.15) is 0 Å². The number of β-amino-alcohol motifs (C(OH)–C–C–N with tert-alkyl or cyclic N) is 1. The highest BCUT2D eigenvalue weighted by molar-refractivity contribution is 5.84. The van der Waals surface area contributed by atoms with Gasteiger partial charge in [-0.15, -0.1) is 0 Å². The van der Waals surface area contributed by atoms with E-state index < -0.39 is 30.7 Å². The molecule has 2 rings (SSSR count). The molecule has 1 aliphatic heterocycles. The number of amides is 1. The molecule has 21 heavy (non-hydrogen) atoms. The molecule has 1 amide bonds. The van der Waals surface area contributed by atoms with Crippen LogP contribution in [0.4, 0.5) is 13.2 Å². The van der Waals surface area contributed by atoms with Crippen molar-refractivity contribution in [1.29, 1.82) is 0 Å². The topological polar surface area (TPSA) is 40.5 Å². The monoisotopic (exact) mass is 301 g/mol. The number of benzene rings is 1. The fraction of sp³-hybridized carbons (Fsp3) is 0.533. The number of carbonyl (C=O) groups excluding carboxylic acids is 1. The first-order valence-corrected chi connectivity index (χ1v) is 6.91. The first-order valence-electron chi connectivity index (χ1n) is 6.91. The Bertz CT molecular complexity index is 503. The summed E-state index contributed by atoms with van der Waals surface area (Å²) in [5, 5.41) is 9.65. The summed E-state index contributed by atoms with van der Waals surface area (Å²) in [6, 6.07) is 8.98. The zero-order chi connectivity index (χ0) is 15.7. The molecule has 0 unspecified atom stereocenters. The van der Waals surface area contributed by atoms with Gasteiger partial charge in [0.15, 0.2) is 5.60 Å². The summed E-state index contributed by atoms with van der Waals surface area (Å²) in [5.41, 5.74) is -2.00. The largest absolute Gasteiger partial charge is 0.419 e. The van der Waals surface area contributed by atoms with Crippen molar-refractivity contribution < 1.29 is 23.1 Å². The van der Waals surface area contributed by atoms with Crippen molar-refractivity contribution in [2.24, 2.45) is 0 Å². The molecule has 0 aliphatic carbocycles. The molecule has 0 saturated carbocycles. The van der Waals surface area contributed by atoms with Crippen molar-refractivity contribution in [2.45, 2.75) is 37.5 Å². The van der Waals surface area contributed by atoms with Gasteiger partial charge in [0, 0.05) is 13.0 Å². The first kappa shape index (κ1) is 15.8. The number of carbonyl (C=O) groups is 1. The molecule has 6 heteroatoms. The maximum atomic E-state index is 12.8. The van der Waals surface area contributed by atoms with Crippen LogP contribution < -0.4 is 0 Å². The highest BCUT2D eigenvalue weighted by Gasteiger charge is 2.58. The Morgan fingerprint density at radius 1 is 1.38 bits per heavy atom. The predicted molar refractivity (Wildman–Crippen MR) is 71.7 cm³/mol. The smallest absolute Gasteiger partial charge is 0.379 e. The molecule has 116 valence electrons. The fourth-order valence-electron chi connectivity index (χ4n) is 2.67. The molecule has 1 aromatic rings. The number of hydrogen-bond donors (Lipinski definition) is 1. The van der Waals surface area contributed by atoms with Gasteiger partial charge in [-0.2, -0.15) is 13.2 Å². The average molecular weight is 301 g/mol. The quantitative estimate of drug-likeness (QED) is 0.932. The van der Waals surface area contributed by atoms with Crippen molar-refractivity contribution in [3.05, 3.63) is 35.9 Å². The van der Waals surface area contributed by atoms with Crippen molar-refractivity contribution in [3.8, 4) is 0 Å².